The number of amides is 2. The predicted octanol–water partition coefficient (Wildman–Crippen LogP) is 4.14. The number of carbonyl (C=O) groups is 2. The third kappa shape index (κ3) is 5.51. The highest BCUT2D eigenvalue weighted by atomic mass is 32.2. The van der Waals surface area contributed by atoms with Crippen LogP contribution in [-0.4, -0.2) is 42.1 Å². The molecular formula is C27H28N2O5S. The van der Waals surface area contributed by atoms with E-state index in [1.165, 1.54) is 0 Å². The van der Waals surface area contributed by atoms with Gasteiger partial charge in [0, 0.05) is 18.8 Å². The van der Waals surface area contributed by atoms with E-state index in [4.69, 9.17) is 9.47 Å². The first-order chi connectivity index (χ1) is 17.0. The van der Waals surface area contributed by atoms with Crippen molar-refractivity contribution in [2.45, 2.75) is 36.5 Å². The number of ether oxygens (including phenoxy) is 2. The van der Waals surface area contributed by atoms with Gasteiger partial charge in [-0.3, -0.25) is 9.59 Å². The van der Waals surface area contributed by atoms with Crippen LogP contribution in [0.2, 0.25) is 0 Å². The van der Waals surface area contributed by atoms with E-state index in [-0.39, 0.29) is 24.9 Å². The van der Waals surface area contributed by atoms with E-state index in [1.54, 1.807) is 47.4 Å². The van der Waals surface area contributed by atoms with Crippen molar-refractivity contribution in [3.8, 4) is 0 Å². The van der Waals surface area contributed by atoms with Gasteiger partial charge in [-0.25, -0.2) is 4.21 Å². The van der Waals surface area contributed by atoms with Crippen molar-refractivity contribution in [1.29, 1.82) is 0 Å². The van der Waals surface area contributed by atoms with Crippen molar-refractivity contribution < 1.29 is 23.3 Å². The van der Waals surface area contributed by atoms with Gasteiger partial charge in [0.2, 0.25) is 0 Å². The number of anilines is 1. The average molecular weight is 493 g/mol. The average Bonchev–Trinajstić information content (AvgIpc) is 2.97. The molecule has 0 aromatic heterocycles. The van der Waals surface area contributed by atoms with Gasteiger partial charge in [-0.05, 0) is 49.7 Å². The number of nitrogens with zero attached hydrogens (tertiary/aromatic N) is 1. The molecule has 7 nitrogen and oxygen atoms in total. The molecule has 1 N–H and O–H groups in total. The van der Waals surface area contributed by atoms with Crippen LogP contribution in [0.3, 0.4) is 0 Å². The maximum Gasteiger partial charge on any atom is 0.259 e. The largest absolute Gasteiger partial charge is 0.351 e. The highest BCUT2D eigenvalue weighted by Gasteiger charge is 2.31. The van der Waals surface area contributed by atoms with E-state index in [2.05, 4.69) is 5.32 Å². The van der Waals surface area contributed by atoms with Gasteiger partial charge in [-0.2, -0.15) is 0 Å². The SMILES string of the molecule is CCOC(CNC(=O)c1ccc2c(c1)N(Cc1ccccc1)C(=O)c1ccccc1S2=O)OCC. The molecule has 3 aromatic carbocycles. The highest BCUT2D eigenvalue weighted by Crippen LogP contribution is 2.36. The lowest BCUT2D eigenvalue weighted by Gasteiger charge is -2.24. The summed E-state index contributed by atoms with van der Waals surface area (Å²) in [6, 6.07) is 21.4. The molecule has 0 fully saturated rings. The maximum absolute atomic E-state index is 13.6. The number of rotatable bonds is 9. The highest BCUT2D eigenvalue weighted by molar-refractivity contribution is 7.85. The van der Waals surface area contributed by atoms with Crippen LogP contribution in [-0.2, 0) is 26.8 Å². The van der Waals surface area contributed by atoms with E-state index in [1.807, 2.05) is 44.2 Å². The van der Waals surface area contributed by atoms with Crippen molar-refractivity contribution in [2.24, 2.45) is 0 Å². The first-order valence-electron chi connectivity index (χ1n) is 11.6. The van der Waals surface area contributed by atoms with Crippen LogP contribution < -0.4 is 10.2 Å². The number of nitrogens with one attached hydrogen (secondary N) is 1. The Bertz CT molecular complexity index is 1230. The van der Waals surface area contributed by atoms with Crippen LogP contribution >= 0.6 is 0 Å². The van der Waals surface area contributed by atoms with Crippen LogP contribution in [0.1, 0.15) is 40.1 Å². The summed E-state index contributed by atoms with van der Waals surface area (Å²) in [4.78, 5) is 29.2. The molecule has 0 bridgehead atoms. The minimum atomic E-state index is -1.58. The normalized spacial score (nSPS) is 14.9. The summed E-state index contributed by atoms with van der Waals surface area (Å²) in [6.45, 7) is 5.10. The van der Waals surface area contributed by atoms with Crippen molar-refractivity contribution >= 4 is 28.3 Å². The van der Waals surface area contributed by atoms with Gasteiger partial charge < -0.3 is 19.7 Å². The lowest BCUT2D eigenvalue weighted by atomic mass is 10.1. The van der Waals surface area contributed by atoms with E-state index in [9.17, 15) is 13.8 Å². The number of benzene rings is 3. The Balaban J connectivity index is 1.70. The summed E-state index contributed by atoms with van der Waals surface area (Å²) in [5.74, 6) is -0.598. The Morgan fingerprint density at radius 2 is 1.63 bits per heavy atom. The Hall–Kier alpha value is -3.33. The first-order valence-corrected chi connectivity index (χ1v) is 12.7. The zero-order valence-electron chi connectivity index (χ0n) is 19.7. The van der Waals surface area contributed by atoms with E-state index >= 15 is 0 Å². The summed E-state index contributed by atoms with van der Waals surface area (Å²) in [7, 11) is -1.58. The van der Waals surface area contributed by atoms with Crippen molar-refractivity contribution in [2.75, 3.05) is 24.7 Å². The molecule has 0 spiro atoms. The Kier molecular flexibility index (Phi) is 8.07. The standard InChI is InChI=1S/C27H28N2O5S/c1-3-33-25(34-4-2)17-28-26(30)20-14-15-24-22(16-20)29(18-19-10-6-5-7-11-19)27(31)21-12-8-9-13-23(21)35(24)32/h5-16,25H,3-4,17-18H2,1-2H3,(H,28,30). The van der Waals surface area contributed by atoms with Gasteiger partial charge in [0.1, 0.15) is 0 Å². The van der Waals surface area contributed by atoms with Crippen molar-refractivity contribution in [3.63, 3.8) is 0 Å². The molecule has 1 atom stereocenters. The summed E-state index contributed by atoms with van der Waals surface area (Å²) >= 11 is 0. The third-order valence-corrected chi connectivity index (χ3v) is 7.09. The molecule has 2 amide bonds. The van der Waals surface area contributed by atoms with Crippen LogP contribution in [0.5, 0.6) is 0 Å². The van der Waals surface area contributed by atoms with E-state index in [0.29, 0.717) is 39.8 Å². The van der Waals surface area contributed by atoms with Gasteiger partial charge in [0.05, 0.1) is 44.9 Å². The molecule has 0 radical (unpaired) electrons. The molecule has 0 saturated carbocycles. The molecule has 1 unspecified atom stereocenters. The molecule has 35 heavy (non-hydrogen) atoms. The minimum Gasteiger partial charge on any atom is -0.351 e. The van der Waals surface area contributed by atoms with Gasteiger partial charge in [-0.15, -0.1) is 0 Å². The maximum atomic E-state index is 13.6. The van der Waals surface area contributed by atoms with Crippen LogP contribution in [0.4, 0.5) is 5.69 Å². The molecule has 3 aromatic rings. The fourth-order valence-electron chi connectivity index (χ4n) is 3.94. The summed E-state index contributed by atoms with van der Waals surface area (Å²) in [6.07, 6.45) is -0.548. The molecule has 8 heteroatoms. The van der Waals surface area contributed by atoms with Gasteiger partial charge >= 0.3 is 0 Å². The zero-order chi connectivity index (χ0) is 24.8. The second-order valence-electron chi connectivity index (χ2n) is 7.87. The van der Waals surface area contributed by atoms with E-state index < -0.39 is 17.1 Å². The minimum absolute atomic E-state index is 0.182. The molecule has 1 heterocycles. The fraction of sp³-hybridized carbons (Fsp3) is 0.259. The molecule has 1 aliphatic rings. The summed E-state index contributed by atoms with van der Waals surface area (Å²) in [5, 5.41) is 2.83. The second kappa shape index (κ2) is 11.4. The monoisotopic (exact) mass is 492 g/mol. The first kappa shape index (κ1) is 24.8. The molecule has 0 aliphatic carbocycles. The van der Waals surface area contributed by atoms with Gasteiger partial charge in [0.15, 0.2) is 6.29 Å². The number of hydrogen-bond donors (Lipinski definition) is 1. The van der Waals surface area contributed by atoms with Crippen molar-refractivity contribution in [3.05, 3.63) is 89.5 Å². The predicted molar refractivity (Wildman–Crippen MR) is 134 cm³/mol. The third-order valence-electron chi connectivity index (χ3n) is 5.59. The summed E-state index contributed by atoms with van der Waals surface area (Å²) in [5.41, 5.74) is 2.11. The molecular weight excluding hydrogens is 464 g/mol. The lowest BCUT2D eigenvalue weighted by molar-refractivity contribution is -0.131. The molecule has 4 rings (SSSR count). The second-order valence-corrected chi connectivity index (χ2v) is 9.29. The Morgan fingerprint density at radius 1 is 0.943 bits per heavy atom. The number of hydrogen-bond acceptors (Lipinski definition) is 5. The molecule has 1 aliphatic heterocycles. The topological polar surface area (TPSA) is 84.9 Å². The van der Waals surface area contributed by atoms with Crippen molar-refractivity contribution in [1.82, 2.24) is 5.32 Å². The fourth-order valence-corrected chi connectivity index (χ4v) is 5.29. The smallest absolute Gasteiger partial charge is 0.259 e. The Labute approximate surface area is 207 Å². The number of carbonyl (C=O) groups excluding carboxylic acids is 2. The Morgan fingerprint density at radius 3 is 2.34 bits per heavy atom. The molecule has 182 valence electrons. The van der Waals surface area contributed by atoms with Crippen LogP contribution in [0.25, 0.3) is 0 Å². The summed E-state index contributed by atoms with van der Waals surface area (Å²) < 4.78 is 24.5. The van der Waals surface area contributed by atoms with Gasteiger partial charge in [0.25, 0.3) is 11.8 Å². The van der Waals surface area contributed by atoms with Gasteiger partial charge in [-0.1, -0.05) is 42.5 Å². The number of fused-ring (bicyclic) bond motifs is 2. The van der Waals surface area contributed by atoms with E-state index in [0.717, 1.165) is 5.56 Å². The lowest BCUT2D eigenvalue weighted by Crippen LogP contribution is -2.35. The van der Waals surface area contributed by atoms with Crippen LogP contribution in [0, 0.1) is 0 Å². The molecule has 0 saturated heterocycles. The zero-order valence-corrected chi connectivity index (χ0v) is 20.5. The van der Waals surface area contributed by atoms with Crippen LogP contribution in [0.15, 0.2) is 82.6 Å². The quantitative estimate of drug-likeness (QED) is 0.454.